The number of benzene rings is 1. The van der Waals surface area contributed by atoms with Crippen molar-refractivity contribution >= 4 is 28.8 Å². The summed E-state index contributed by atoms with van der Waals surface area (Å²) in [5.74, 6) is -0.139. The number of aryl methyl sites for hydroxylation is 1. The maximum atomic E-state index is 12.0. The van der Waals surface area contributed by atoms with Crippen LogP contribution in [0, 0.1) is 18.8 Å². The van der Waals surface area contributed by atoms with Gasteiger partial charge in [-0.05, 0) is 43.7 Å². The first kappa shape index (κ1) is 17.4. The van der Waals surface area contributed by atoms with Gasteiger partial charge in [-0.1, -0.05) is 24.6 Å². The van der Waals surface area contributed by atoms with Crippen LogP contribution in [0.1, 0.15) is 31.0 Å². The van der Waals surface area contributed by atoms with Crippen LogP contribution < -0.4 is 3.53 Å². The van der Waals surface area contributed by atoms with Gasteiger partial charge in [0.25, 0.3) is 0 Å². The second kappa shape index (κ2) is 6.84. The molecule has 1 aromatic heterocycles. The summed E-state index contributed by atoms with van der Waals surface area (Å²) >= 11 is 2.13. The third-order valence-corrected chi connectivity index (χ3v) is 5.41. The van der Waals surface area contributed by atoms with Crippen molar-refractivity contribution in [3.8, 4) is 5.69 Å². The maximum absolute atomic E-state index is 12.0. The van der Waals surface area contributed by atoms with E-state index in [2.05, 4.69) is 38.3 Å². The highest BCUT2D eigenvalue weighted by Crippen LogP contribution is 2.56. The van der Waals surface area contributed by atoms with E-state index in [9.17, 15) is 9.90 Å². The molecule has 2 unspecified atom stereocenters. The minimum Gasteiger partial charge on any atom is -0.481 e. The number of hydrogen-bond donors (Lipinski definition) is 2. The summed E-state index contributed by atoms with van der Waals surface area (Å²) in [6.45, 7) is 5.09. The van der Waals surface area contributed by atoms with Gasteiger partial charge in [0, 0.05) is 41.3 Å². The Balaban J connectivity index is 1.81. The zero-order valence-electron chi connectivity index (χ0n) is 13.9. The molecular weight excluding hydrogens is 417 g/mol. The number of aromatic nitrogens is 2. The van der Waals surface area contributed by atoms with Gasteiger partial charge < -0.3 is 9.67 Å². The minimum absolute atomic E-state index is 0.163. The van der Waals surface area contributed by atoms with Crippen molar-refractivity contribution < 1.29 is 9.90 Å². The van der Waals surface area contributed by atoms with Crippen LogP contribution in [0.2, 0.25) is 0 Å². The molecule has 0 radical (unpaired) electrons. The molecule has 6 heteroatoms. The number of rotatable bonds is 7. The van der Waals surface area contributed by atoms with Gasteiger partial charge in [0.2, 0.25) is 0 Å². The van der Waals surface area contributed by atoms with Gasteiger partial charge in [-0.25, -0.2) is 4.98 Å². The predicted octanol–water partition coefficient (Wildman–Crippen LogP) is 3.49. The molecule has 3 rings (SSSR count). The minimum atomic E-state index is -0.810. The second-order valence-corrected chi connectivity index (χ2v) is 7.62. The standard InChI is InChI=1S/C18H22IN3O2/c1-12-3-5-15(6-4-12)22-10-16(20-11-22)18(17(23)24)8-14(18)7-13(2)9-21-19/h3-6,10-11,13-14,21H,7-9H2,1-2H3,(H,23,24)/t13-,14?,18?/m1/s1. The fourth-order valence-electron chi connectivity index (χ4n) is 3.41. The highest BCUT2D eigenvalue weighted by atomic mass is 127. The van der Waals surface area contributed by atoms with E-state index in [0.29, 0.717) is 18.0 Å². The monoisotopic (exact) mass is 439 g/mol. The number of nitrogens with one attached hydrogen (secondary N) is 1. The molecule has 24 heavy (non-hydrogen) atoms. The number of hydrogen-bond acceptors (Lipinski definition) is 3. The summed E-state index contributed by atoms with van der Waals surface area (Å²) in [6, 6.07) is 8.13. The van der Waals surface area contributed by atoms with Gasteiger partial charge in [0.15, 0.2) is 0 Å². The number of halogens is 1. The second-order valence-electron chi connectivity index (χ2n) is 6.86. The lowest BCUT2D eigenvalue weighted by Gasteiger charge is -2.13. The van der Waals surface area contributed by atoms with Gasteiger partial charge in [0.1, 0.15) is 5.41 Å². The molecule has 2 N–H and O–H groups in total. The van der Waals surface area contributed by atoms with Crippen LogP contribution in [-0.4, -0.2) is 27.2 Å². The molecule has 1 fully saturated rings. The molecule has 0 saturated heterocycles. The van der Waals surface area contributed by atoms with Gasteiger partial charge >= 0.3 is 5.97 Å². The Morgan fingerprint density at radius 1 is 1.50 bits per heavy atom. The van der Waals surface area contributed by atoms with Crippen LogP contribution in [-0.2, 0) is 10.2 Å². The van der Waals surface area contributed by atoms with Crippen molar-refractivity contribution in [3.63, 3.8) is 0 Å². The highest BCUT2D eigenvalue weighted by Gasteiger charge is 2.62. The largest absolute Gasteiger partial charge is 0.481 e. The van der Waals surface area contributed by atoms with Gasteiger partial charge in [-0.15, -0.1) is 0 Å². The SMILES string of the molecule is Cc1ccc(-n2cnc(C3(C(=O)O)CC3C[C@@H](C)CNI)c2)cc1. The number of carbonyl (C=O) groups is 1. The Hall–Kier alpha value is -1.41. The van der Waals surface area contributed by atoms with Crippen LogP contribution in [0.25, 0.3) is 5.69 Å². The van der Waals surface area contributed by atoms with E-state index in [1.807, 2.05) is 42.0 Å². The van der Waals surface area contributed by atoms with Crippen molar-refractivity contribution in [3.05, 3.63) is 48.0 Å². The average Bonchev–Trinajstić information content (AvgIpc) is 3.04. The predicted molar refractivity (Wildman–Crippen MR) is 102 cm³/mol. The maximum Gasteiger partial charge on any atom is 0.316 e. The van der Waals surface area contributed by atoms with Crippen LogP contribution in [0.5, 0.6) is 0 Å². The van der Waals surface area contributed by atoms with Crippen LogP contribution >= 0.6 is 22.9 Å². The number of imidazole rings is 1. The van der Waals surface area contributed by atoms with E-state index in [0.717, 1.165) is 18.7 Å². The van der Waals surface area contributed by atoms with Crippen LogP contribution in [0.4, 0.5) is 0 Å². The van der Waals surface area contributed by atoms with Gasteiger partial charge in [0.05, 0.1) is 12.0 Å². The molecule has 2 aromatic rings. The lowest BCUT2D eigenvalue weighted by molar-refractivity contribution is -0.140. The fraction of sp³-hybridized carbons (Fsp3) is 0.444. The summed E-state index contributed by atoms with van der Waals surface area (Å²) in [5.41, 5.74) is 2.06. The number of nitrogens with zero attached hydrogens (tertiary/aromatic N) is 2. The molecule has 3 atom stereocenters. The van der Waals surface area contributed by atoms with Gasteiger partial charge in [-0.3, -0.25) is 8.32 Å². The Morgan fingerprint density at radius 3 is 2.83 bits per heavy atom. The van der Waals surface area contributed by atoms with Crippen LogP contribution in [0.3, 0.4) is 0 Å². The Bertz CT molecular complexity index is 728. The van der Waals surface area contributed by atoms with Crippen molar-refractivity contribution in [2.75, 3.05) is 6.54 Å². The third kappa shape index (κ3) is 3.21. The Labute approximate surface area is 156 Å². The summed E-state index contributed by atoms with van der Waals surface area (Å²) < 4.78 is 5.04. The topological polar surface area (TPSA) is 67.2 Å². The molecule has 0 spiro atoms. The molecule has 0 aliphatic heterocycles. The van der Waals surface area contributed by atoms with Crippen molar-refractivity contribution in [1.82, 2.24) is 13.1 Å². The van der Waals surface area contributed by atoms with Gasteiger partial charge in [-0.2, -0.15) is 0 Å². The summed E-state index contributed by atoms with van der Waals surface area (Å²) in [5, 5.41) is 9.82. The van der Waals surface area contributed by atoms with Crippen LogP contribution in [0.15, 0.2) is 36.8 Å². The first-order chi connectivity index (χ1) is 11.5. The first-order valence-corrected chi connectivity index (χ1v) is 9.23. The molecule has 1 aromatic carbocycles. The highest BCUT2D eigenvalue weighted by molar-refractivity contribution is 14.1. The zero-order chi connectivity index (χ0) is 17.3. The molecule has 0 bridgehead atoms. The number of carboxylic acid groups (broad SMARTS) is 1. The summed E-state index contributed by atoms with van der Waals surface area (Å²) in [7, 11) is 0. The first-order valence-electron chi connectivity index (χ1n) is 8.15. The van der Waals surface area contributed by atoms with Crippen molar-refractivity contribution in [2.24, 2.45) is 11.8 Å². The lowest BCUT2D eigenvalue weighted by atomic mass is 9.94. The smallest absolute Gasteiger partial charge is 0.316 e. The zero-order valence-corrected chi connectivity index (χ0v) is 16.0. The van der Waals surface area contributed by atoms with E-state index < -0.39 is 11.4 Å². The van der Waals surface area contributed by atoms with Crippen molar-refractivity contribution in [2.45, 2.75) is 32.1 Å². The van der Waals surface area contributed by atoms with E-state index in [4.69, 9.17) is 0 Å². The lowest BCUT2D eigenvalue weighted by Crippen LogP contribution is -2.24. The molecular formula is C18H22IN3O2. The Morgan fingerprint density at radius 2 is 2.21 bits per heavy atom. The van der Waals surface area contributed by atoms with E-state index in [1.54, 1.807) is 6.33 Å². The normalized spacial score (nSPS) is 23.9. The number of carboxylic acids is 1. The summed E-state index contributed by atoms with van der Waals surface area (Å²) in [4.78, 5) is 16.4. The average molecular weight is 439 g/mol. The molecule has 1 heterocycles. The van der Waals surface area contributed by atoms with E-state index >= 15 is 0 Å². The quantitative estimate of drug-likeness (QED) is 0.512. The summed E-state index contributed by atoms with van der Waals surface area (Å²) in [6.07, 6.45) is 5.18. The Kier molecular flexibility index (Phi) is 4.96. The molecule has 1 aliphatic rings. The number of aliphatic carboxylic acids is 1. The molecule has 1 saturated carbocycles. The molecule has 5 nitrogen and oxygen atoms in total. The van der Waals surface area contributed by atoms with Crippen molar-refractivity contribution in [1.29, 1.82) is 0 Å². The van der Waals surface area contributed by atoms with E-state index in [1.165, 1.54) is 5.56 Å². The molecule has 0 amide bonds. The molecule has 128 valence electrons. The molecule has 1 aliphatic carbocycles. The third-order valence-electron chi connectivity index (χ3n) is 4.97. The van der Waals surface area contributed by atoms with E-state index in [-0.39, 0.29) is 5.92 Å². The fourth-order valence-corrected chi connectivity index (χ4v) is 4.16.